The fraction of sp³-hybridized carbons (Fsp3) is 0. The van der Waals surface area contributed by atoms with Gasteiger partial charge in [0.25, 0.3) is 5.69 Å². The summed E-state index contributed by atoms with van der Waals surface area (Å²) >= 11 is 0. The van der Waals surface area contributed by atoms with Crippen LogP contribution in [0, 0.1) is 21.4 Å². The number of nitriles is 1. The van der Waals surface area contributed by atoms with E-state index >= 15 is 0 Å². The Labute approximate surface area is 62.1 Å². The van der Waals surface area contributed by atoms with Gasteiger partial charge in [0.05, 0.1) is 10.5 Å². The molecular weight excluding hydrogens is 146 g/mol. The molecule has 54 valence electrons. The Morgan fingerprint density at radius 3 is 2.91 bits per heavy atom. The molecule has 0 unspecified atom stereocenters. The summed E-state index contributed by atoms with van der Waals surface area (Å²) in [5.41, 5.74) is 0.0308. The molecule has 0 aliphatic rings. The first-order valence-electron chi connectivity index (χ1n) is 2.73. The highest BCUT2D eigenvalue weighted by atomic mass is 16.6. The molecule has 0 bridgehead atoms. The minimum Gasteiger partial charge on any atom is -0.258 e. The van der Waals surface area contributed by atoms with Gasteiger partial charge in [0.2, 0.25) is 0 Å². The summed E-state index contributed by atoms with van der Waals surface area (Å²) in [7, 11) is 0. The molecule has 11 heavy (non-hydrogen) atoms. The minimum absolute atomic E-state index is 0.163. The minimum atomic E-state index is -0.589. The molecule has 5 nitrogen and oxygen atoms in total. The molecule has 0 atom stereocenters. The van der Waals surface area contributed by atoms with Crippen LogP contribution in [0.25, 0.3) is 0 Å². The second-order valence-electron chi connectivity index (χ2n) is 1.80. The molecule has 1 heterocycles. The van der Waals surface area contributed by atoms with Crippen molar-refractivity contribution >= 4 is 5.69 Å². The molecule has 5 heteroatoms. The summed E-state index contributed by atoms with van der Waals surface area (Å²) in [5.74, 6) is 0. The molecule has 1 aromatic rings. The summed E-state index contributed by atoms with van der Waals surface area (Å²) in [4.78, 5) is 13.0. The lowest BCUT2D eigenvalue weighted by atomic mass is 10.3. The van der Waals surface area contributed by atoms with E-state index in [0.717, 1.165) is 6.20 Å². The van der Waals surface area contributed by atoms with Crippen LogP contribution in [-0.2, 0) is 0 Å². The van der Waals surface area contributed by atoms with E-state index in [1.807, 2.05) is 0 Å². The molecule has 0 aromatic carbocycles. The van der Waals surface area contributed by atoms with Gasteiger partial charge < -0.3 is 0 Å². The van der Waals surface area contributed by atoms with Gasteiger partial charge in [-0.3, -0.25) is 15.1 Å². The van der Waals surface area contributed by atoms with Gasteiger partial charge in [-0.1, -0.05) is 0 Å². The first-order chi connectivity index (χ1) is 5.24. The zero-order chi connectivity index (χ0) is 8.27. The Balaban J connectivity index is 3.13. The number of hydrogen-bond acceptors (Lipinski definition) is 4. The number of nitro groups is 1. The van der Waals surface area contributed by atoms with Crippen molar-refractivity contribution < 1.29 is 4.92 Å². The van der Waals surface area contributed by atoms with Crippen LogP contribution in [0.5, 0.6) is 0 Å². The number of rotatable bonds is 1. The molecule has 0 aliphatic carbocycles. The van der Waals surface area contributed by atoms with Crippen LogP contribution in [0.15, 0.2) is 18.5 Å². The van der Waals surface area contributed by atoms with Crippen molar-refractivity contribution in [3.63, 3.8) is 0 Å². The molecule has 0 radical (unpaired) electrons. The third-order valence-electron chi connectivity index (χ3n) is 1.06. The van der Waals surface area contributed by atoms with Crippen molar-refractivity contribution in [1.82, 2.24) is 4.98 Å². The standard InChI is InChI=1S/C6H3N3O2/c7-2-5-1-6(9(10)11)4-8-3-5/h1,3-4H. The van der Waals surface area contributed by atoms with E-state index in [9.17, 15) is 10.1 Å². The molecule has 0 saturated carbocycles. The van der Waals surface area contributed by atoms with Crippen molar-refractivity contribution in [3.05, 3.63) is 34.1 Å². The zero-order valence-corrected chi connectivity index (χ0v) is 5.39. The van der Waals surface area contributed by atoms with Gasteiger partial charge in [-0.15, -0.1) is 0 Å². The lowest BCUT2D eigenvalue weighted by Crippen LogP contribution is -1.89. The fourth-order valence-electron chi connectivity index (χ4n) is 0.589. The maximum absolute atomic E-state index is 10.1. The first kappa shape index (κ1) is 7.15. The quantitative estimate of drug-likeness (QED) is 0.438. The molecule has 0 fully saturated rings. The number of aromatic nitrogens is 1. The van der Waals surface area contributed by atoms with Gasteiger partial charge in [0, 0.05) is 12.3 Å². The molecule has 0 saturated heterocycles. The lowest BCUT2D eigenvalue weighted by molar-refractivity contribution is -0.385. The van der Waals surface area contributed by atoms with Gasteiger partial charge in [0.15, 0.2) is 0 Å². The van der Waals surface area contributed by atoms with Gasteiger partial charge in [-0.05, 0) is 0 Å². The second-order valence-corrected chi connectivity index (χ2v) is 1.80. The van der Waals surface area contributed by atoms with Crippen LogP contribution in [-0.4, -0.2) is 9.91 Å². The van der Waals surface area contributed by atoms with E-state index in [0.29, 0.717) is 0 Å². The topological polar surface area (TPSA) is 79.8 Å². The van der Waals surface area contributed by atoms with Gasteiger partial charge in [-0.25, -0.2) is 0 Å². The largest absolute Gasteiger partial charge is 0.288 e. The summed E-state index contributed by atoms with van der Waals surface area (Å²) in [6, 6.07) is 2.93. The van der Waals surface area contributed by atoms with E-state index in [1.165, 1.54) is 12.3 Å². The van der Waals surface area contributed by atoms with Crippen LogP contribution < -0.4 is 0 Å². The predicted octanol–water partition coefficient (Wildman–Crippen LogP) is 0.861. The number of pyridine rings is 1. The lowest BCUT2D eigenvalue weighted by Gasteiger charge is -1.88. The monoisotopic (exact) mass is 149 g/mol. The highest BCUT2D eigenvalue weighted by Crippen LogP contribution is 2.09. The van der Waals surface area contributed by atoms with Gasteiger partial charge >= 0.3 is 0 Å². The van der Waals surface area contributed by atoms with E-state index in [4.69, 9.17) is 5.26 Å². The van der Waals surface area contributed by atoms with E-state index in [1.54, 1.807) is 6.07 Å². The first-order valence-corrected chi connectivity index (χ1v) is 2.73. The highest BCUT2D eigenvalue weighted by Gasteiger charge is 2.05. The summed E-state index contributed by atoms with van der Waals surface area (Å²) in [5, 5.41) is 18.5. The van der Waals surface area contributed by atoms with Crippen molar-refractivity contribution in [1.29, 1.82) is 5.26 Å². The van der Waals surface area contributed by atoms with Crippen molar-refractivity contribution in [2.24, 2.45) is 0 Å². The Morgan fingerprint density at radius 1 is 1.64 bits per heavy atom. The Morgan fingerprint density at radius 2 is 2.36 bits per heavy atom. The molecular formula is C6H3N3O2. The predicted molar refractivity (Wildman–Crippen MR) is 35.6 cm³/mol. The smallest absolute Gasteiger partial charge is 0.258 e. The number of nitrogens with zero attached hydrogens (tertiary/aromatic N) is 3. The SMILES string of the molecule is N#Cc1cncc([N+](=O)[O-])c1. The maximum atomic E-state index is 10.1. The molecule has 0 amide bonds. The zero-order valence-electron chi connectivity index (χ0n) is 5.39. The van der Waals surface area contributed by atoms with Crippen LogP contribution in [0.1, 0.15) is 5.56 Å². The van der Waals surface area contributed by atoms with Crippen LogP contribution >= 0.6 is 0 Å². The van der Waals surface area contributed by atoms with E-state index in [-0.39, 0.29) is 11.3 Å². The average Bonchev–Trinajstić information content (AvgIpc) is 2.05. The third-order valence-corrected chi connectivity index (χ3v) is 1.06. The Bertz CT molecular complexity index is 329. The Hall–Kier alpha value is -1.96. The molecule has 0 spiro atoms. The van der Waals surface area contributed by atoms with E-state index in [2.05, 4.69) is 4.98 Å². The fourth-order valence-corrected chi connectivity index (χ4v) is 0.589. The van der Waals surface area contributed by atoms with Crippen molar-refractivity contribution in [2.45, 2.75) is 0 Å². The van der Waals surface area contributed by atoms with Crippen molar-refractivity contribution in [2.75, 3.05) is 0 Å². The Kier molecular flexibility index (Phi) is 1.79. The molecule has 1 aromatic heterocycles. The molecule has 1 rings (SSSR count). The summed E-state index contributed by atoms with van der Waals surface area (Å²) < 4.78 is 0. The third kappa shape index (κ3) is 1.49. The average molecular weight is 149 g/mol. The van der Waals surface area contributed by atoms with Gasteiger partial charge in [0.1, 0.15) is 12.3 Å². The molecule has 0 aliphatic heterocycles. The summed E-state index contributed by atoms with van der Waals surface area (Å²) in [6.45, 7) is 0. The summed E-state index contributed by atoms with van der Waals surface area (Å²) in [6.07, 6.45) is 2.37. The van der Waals surface area contributed by atoms with Crippen molar-refractivity contribution in [3.8, 4) is 6.07 Å². The normalized spacial score (nSPS) is 8.64. The molecule has 0 N–H and O–H groups in total. The van der Waals surface area contributed by atoms with Crippen LogP contribution in [0.3, 0.4) is 0 Å². The second kappa shape index (κ2) is 2.75. The number of hydrogen-bond donors (Lipinski definition) is 0. The van der Waals surface area contributed by atoms with E-state index < -0.39 is 4.92 Å². The van der Waals surface area contributed by atoms with Crippen LogP contribution in [0.2, 0.25) is 0 Å². The highest BCUT2D eigenvalue weighted by molar-refractivity contribution is 5.36. The van der Waals surface area contributed by atoms with Crippen LogP contribution in [0.4, 0.5) is 5.69 Å². The van der Waals surface area contributed by atoms with Gasteiger partial charge in [-0.2, -0.15) is 5.26 Å². The maximum Gasteiger partial charge on any atom is 0.288 e.